The van der Waals surface area contributed by atoms with Gasteiger partial charge in [0.05, 0.1) is 4.92 Å². The van der Waals surface area contributed by atoms with E-state index in [9.17, 15) is 10.1 Å². The second-order valence-corrected chi connectivity index (χ2v) is 4.22. The van der Waals surface area contributed by atoms with Crippen molar-refractivity contribution < 1.29 is 4.92 Å². The van der Waals surface area contributed by atoms with Crippen molar-refractivity contribution >= 4 is 44.6 Å². The SMILES string of the molecule is Cc1cc(Br)cc([N+](=O)[O-])c1NC(N)=S. The molecule has 0 aromatic heterocycles. The maximum atomic E-state index is 10.8. The van der Waals surface area contributed by atoms with Crippen LogP contribution in [0, 0.1) is 17.0 Å². The molecule has 1 aromatic carbocycles. The van der Waals surface area contributed by atoms with Crippen LogP contribution in [0.5, 0.6) is 0 Å². The number of rotatable bonds is 2. The molecule has 0 saturated carbocycles. The lowest BCUT2D eigenvalue weighted by molar-refractivity contribution is -0.384. The van der Waals surface area contributed by atoms with Crippen molar-refractivity contribution in [3.63, 3.8) is 0 Å². The van der Waals surface area contributed by atoms with Gasteiger partial charge in [0.2, 0.25) is 0 Å². The molecule has 0 aliphatic carbocycles. The first-order chi connectivity index (χ1) is 6.91. The summed E-state index contributed by atoms with van der Waals surface area (Å²) < 4.78 is 0.639. The van der Waals surface area contributed by atoms with Gasteiger partial charge >= 0.3 is 0 Å². The Balaban J connectivity index is 3.33. The van der Waals surface area contributed by atoms with E-state index in [4.69, 9.17) is 5.73 Å². The van der Waals surface area contributed by atoms with E-state index in [1.165, 1.54) is 6.07 Å². The van der Waals surface area contributed by atoms with Gasteiger partial charge in [0.1, 0.15) is 5.69 Å². The molecule has 1 rings (SSSR count). The molecule has 0 atom stereocenters. The van der Waals surface area contributed by atoms with Gasteiger partial charge in [-0.05, 0) is 30.8 Å². The monoisotopic (exact) mass is 289 g/mol. The Labute approximate surface area is 99.9 Å². The van der Waals surface area contributed by atoms with Gasteiger partial charge in [0.25, 0.3) is 5.69 Å². The largest absolute Gasteiger partial charge is 0.376 e. The van der Waals surface area contributed by atoms with E-state index >= 15 is 0 Å². The summed E-state index contributed by atoms with van der Waals surface area (Å²) in [6, 6.07) is 3.14. The van der Waals surface area contributed by atoms with E-state index in [2.05, 4.69) is 33.5 Å². The molecule has 0 heterocycles. The van der Waals surface area contributed by atoms with Crippen LogP contribution in [0.3, 0.4) is 0 Å². The van der Waals surface area contributed by atoms with Gasteiger partial charge in [-0.3, -0.25) is 10.1 Å². The van der Waals surface area contributed by atoms with Crippen molar-refractivity contribution in [2.45, 2.75) is 6.92 Å². The maximum Gasteiger partial charge on any atom is 0.294 e. The third-order valence-corrected chi connectivity index (χ3v) is 2.28. The van der Waals surface area contributed by atoms with Gasteiger partial charge in [0.15, 0.2) is 5.11 Å². The number of thiocarbonyl (C=S) groups is 1. The van der Waals surface area contributed by atoms with Gasteiger partial charge in [-0.1, -0.05) is 15.9 Å². The van der Waals surface area contributed by atoms with Crippen LogP contribution in [-0.2, 0) is 0 Å². The van der Waals surface area contributed by atoms with Crippen LogP contribution in [0.2, 0.25) is 0 Å². The number of nitrogens with two attached hydrogens (primary N) is 1. The third kappa shape index (κ3) is 2.87. The molecule has 7 heteroatoms. The van der Waals surface area contributed by atoms with Crippen LogP contribution < -0.4 is 11.1 Å². The summed E-state index contributed by atoms with van der Waals surface area (Å²) in [6.45, 7) is 1.73. The summed E-state index contributed by atoms with van der Waals surface area (Å²) >= 11 is 7.83. The highest BCUT2D eigenvalue weighted by atomic mass is 79.9. The fourth-order valence-electron chi connectivity index (χ4n) is 1.16. The molecule has 0 aliphatic rings. The summed E-state index contributed by atoms with van der Waals surface area (Å²) in [6.07, 6.45) is 0. The minimum absolute atomic E-state index is 0.00326. The highest BCUT2D eigenvalue weighted by molar-refractivity contribution is 9.10. The number of nitro benzene ring substituents is 1. The molecule has 0 spiro atoms. The molecule has 80 valence electrons. The summed E-state index contributed by atoms with van der Waals surface area (Å²) in [5.41, 5.74) is 6.25. The number of nitrogens with zero attached hydrogens (tertiary/aromatic N) is 1. The molecular weight excluding hydrogens is 282 g/mol. The average molecular weight is 290 g/mol. The van der Waals surface area contributed by atoms with E-state index in [1.54, 1.807) is 13.0 Å². The Morgan fingerprint density at radius 3 is 2.73 bits per heavy atom. The second kappa shape index (κ2) is 4.54. The molecule has 0 aliphatic heterocycles. The summed E-state index contributed by atoms with van der Waals surface area (Å²) in [7, 11) is 0. The van der Waals surface area contributed by atoms with Crippen molar-refractivity contribution in [1.82, 2.24) is 0 Å². The Hall–Kier alpha value is -1.21. The van der Waals surface area contributed by atoms with Gasteiger partial charge in [-0.15, -0.1) is 0 Å². The predicted molar refractivity (Wildman–Crippen MR) is 65.9 cm³/mol. The quantitative estimate of drug-likeness (QED) is 0.496. The molecule has 0 unspecified atom stereocenters. The zero-order valence-electron chi connectivity index (χ0n) is 7.78. The molecule has 5 nitrogen and oxygen atoms in total. The number of halogens is 1. The van der Waals surface area contributed by atoms with E-state index in [-0.39, 0.29) is 10.8 Å². The topological polar surface area (TPSA) is 81.2 Å². The number of aryl methyl sites for hydroxylation is 1. The molecule has 1 aromatic rings. The van der Waals surface area contributed by atoms with Crippen LogP contribution in [0.25, 0.3) is 0 Å². The van der Waals surface area contributed by atoms with Crippen molar-refractivity contribution in [2.75, 3.05) is 5.32 Å². The average Bonchev–Trinajstić information content (AvgIpc) is 2.08. The number of nitro groups is 1. The van der Waals surface area contributed by atoms with E-state index in [0.29, 0.717) is 15.7 Å². The summed E-state index contributed by atoms with van der Waals surface area (Å²) in [4.78, 5) is 10.3. The zero-order chi connectivity index (χ0) is 11.6. The molecule has 0 amide bonds. The van der Waals surface area contributed by atoms with E-state index in [1.807, 2.05) is 0 Å². The smallest absolute Gasteiger partial charge is 0.294 e. The third-order valence-electron chi connectivity index (χ3n) is 1.72. The summed E-state index contributed by atoms with van der Waals surface area (Å²) in [5.74, 6) is 0. The fourth-order valence-corrected chi connectivity index (χ4v) is 1.82. The predicted octanol–water partition coefficient (Wildman–Crippen LogP) is 2.32. The first kappa shape index (κ1) is 11.9. The molecule has 0 fully saturated rings. The van der Waals surface area contributed by atoms with Crippen LogP contribution >= 0.6 is 28.1 Å². The highest BCUT2D eigenvalue weighted by Gasteiger charge is 2.17. The molecule has 15 heavy (non-hydrogen) atoms. The van der Waals surface area contributed by atoms with Crippen molar-refractivity contribution in [2.24, 2.45) is 5.73 Å². The Morgan fingerprint density at radius 1 is 1.67 bits per heavy atom. The zero-order valence-corrected chi connectivity index (χ0v) is 10.2. The van der Waals surface area contributed by atoms with Gasteiger partial charge in [-0.25, -0.2) is 0 Å². The van der Waals surface area contributed by atoms with E-state index in [0.717, 1.165) is 0 Å². The van der Waals surface area contributed by atoms with Crippen molar-refractivity contribution in [3.05, 3.63) is 32.3 Å². The lowest BCUT2D eigenvalue weighted by atomic mass is 10.1. The molecular formula is C8H8BrN3O2S. The summed E-state index contributed by atoms with van der Waals surface area (Å²) in [5, 5.41) is 13.4. The molecule has 0 saturated heterocycles. The standard InChI is InChI=1S/C8H8BrN3O2S/c1-4-2-5(9)3-6(12(13)14)7(4)11-8(10)15/h2-3H,1H3,(H3,10,11,15). The first-order valence-corrected chi connectivity index (χ1v) is 5.13. The van der Waals surface area contributed by atoms with Gasteiger partial charge in [-0.2, -0.15) is 0 Å². The molecule has 0 bridgehead atoms. The molecule has 0 radical (unpaired) electrons. The lowest BCUT2D eigenvalue weighted by Crippen LogP contribution is -2.20. The number of nitrogens with one attached hydrogen (secondary N) is 1. The fraction of sp³-hybridized carbons (Fsp3) is 0.125. The first-order valence-electron chi connectivity index (χ1n) is 3.93. The minimum atomic E-state index is -0.488. The van der Waals surface area contributed by atoms with Crippen LogP contribution in [0.4, 0.5) is 11.4 Å². The normalized spacial score (nSPS) is 9.73. The minimum Gasteiger partial charge on any atom is -0.376 e. The number of hydrogen-bond acceptors (Lipinski definition) is 3. The van der Waals surface area contributed by atoms with Gasteiger partial charge < -0.3 is 11.1 Å². The number of benzene rings is 1. The van der Waals surface area contributed by atoms with Crippen LogP contribution in [-0.4, -0.2) is 10.0 Å². The Bertz CT molecular complexity index is 436. The van der Waals surface area contributed by atoms with Crippen LogP contribution in [0.15, 0.2) is 16.6 Å². The lowest BCUT2D eigenvalue weighted by Gasteiger charge is -2.08. The van der Waals surface area contributed by atoms with Gasteiger partial charge in [0, 0.05) is 10.5 Å². The maximum absolute atomic E-state index is 10.8. The van der Waals surface area contributed by atoms with E-state index < -0.39 is 4.92 Å². The van der Waals surface area contributed by atoms with Crippen LogP contribution in [0.1, 0.15) is 5.56 Å². The Kier molecular flexibility index (Phi) is 3.59. The number of hydrogen-bond donors (Lipinski definition) is 2. The molecule has 3 N–H and O–H groups in total. The highest BCUT2D eigenvalue weighted by Crippen LogP contribution is 2.31. The second-order valence-electron chi connectivity index (χ2n) is 2.86. The number of anilines is 1. The van der Waals surface area contributed by atoms with Crippen molar-refractivity contribution in [3.8, 4) is 0 Å². The van der Waals surface area contributed by atoms with Crippen molar-refractivity contribution in [1.29, 1.82) is 0 Å². The Morgan fingerprint density at radius 2 is 2.27 bits per heavy atom.